The number of methoxy groups -OCH3 is 1. The van der Waals surface area contributed by atoms with Crippen molar-refractivity contribution >= 4 is 11.6 Å². The number of ether oxygens (including phenoxy) is 1. The highest BCUT2D eigenvalue weighted by Crippen LogP contribution is 2.05. The predicted molar refractivity (Wildman–Crippen MR) is 79.2 cm³/mol. The molecule has 2 rings (SSSR count). The average Bonchev–Trinajstić information content (AvgIpc) is 2.47. The Morgan fingerprint density at radius 2 is 2.19 bits per heavy atom. The van der Waals surface area contributed by atoms with E-state index in [-0.39, 0.29) is 18.1 Å². The Labute approximate surface area is 123 Å². The number of aromatic nitrogens is 2. The molecule has 2 aromatic heterocycles. The van der Waals surface area contributed by atoms with Gasteiger partial charge >= 0.3 is 5.97 Å². The minimum absolute atomic E-state index is 0.118. The molecule has 0 amide bonds. The normalized spacial score (nSPS) is 11.0. The van der Waals surface area contributed by atoms with Gasteiger partial charge in [0, 0.05) is 18.8 Å². The van der Waals surface area contributed by atoms with Crippen LogP contribution in [-0.2, 0) is 16.1 Å². The molecule has 2 aromatic rings. The largest absolute Gasteiger partial charge is 0.468 e. The van der Waals surface area contributed by atoms with Gasteiger partial charge in [-0.25, -0.2) is 4.98 Å². The van der Waals surface area contributed by atoms with E-state index in [0.717, 1.165) is 5.56 Å². The first-order chi connectivity index (χ1) is 10.0. The topological polar surface area (TPSA) is 63.9 Å². The second kappa shape index (κ2) is 6.49. The van der Waals surface area contributed by atoms with Crippen LogP contribution < -0.4 is 5.56 Å². The summed E-state index contributed by atoms with van der Waals surface area (Å²) in [4.78, 5) is 29.8. The Morgan fingerprint density at radius 1 is 1.43 bits per heavy atom. The van der Waals surface area contributed by atoms with Crippen molar-refractivity contribution in [1.82, 2.24) is 14.3 Å². The number of hydrogen-bond donors (Lipinski definition) is 0. The molecule has 0 bridgehead atoms. The van der Waals surface area contributed by atoms with Gasteiger partial charge in [0.1, 0.15) is 5.65 Å². The van der Waals surface area contributed by atoms with E-state index in [2.05, 4.69) is 9.72 Å². The van der Waals surface area contributed by atoms with Crippen LogP contribution in [0, 0.1) is 6.92 Å². The van der Waals surface area contributed by atoms with Gasteiger partial charge in [0.2, 0.25) is 0 Å². The van der Waals surface area contributed by atoms with Crippen molar-refractivity contribution in [1.29, 1.82) is 0 Å². The van der Waals surface area contributed by atoms with Gasteiger partial charge in [-0.3, -0.25) is 18.9 Å². The molecule has 2 heterocycles. The lowest BCUT2D eigenvalue weighted by atomic mass is 10.3. The van der Waals surface area contributed by atoms with E-state index in [9.17, 15) is 9.59 Å². The van der Waals surface area contributed by atoms with Gasteiger partial charge in [-0.2, -0.15) is 0 Å². The molecule has 0 unspecified atom stereocenters. The molecule has 0 saturated carbocycles. The summed E-state index contributed by atoms with van der Waals surface area (Å²) >= 11 is 0. The van der Waals surface area contributed by atoms with Gasteiger partial charge in [0.25, 0.3) is 5.56 Å². The molecule has 0 atom stereocenters. The fourth-order valence-electron chi connectivity index (χ4n) is 2.09. The monoisotopic (exact) mass is 289 g/mol. The number of hydrogen-bond acceptors (Lipinski definition) is 5. The number of aryl methyl sites for hydroxylation is 1. The highest BCUT2D eigenvalue weighted by Gasteiger charge is 2.11. The third-order valence-electron chi connectivity index (χ3n) is 3.27. The van der Waals surface area contributed by atoms with E-state index >= 15 is 0 Å². The summed E-state index contributed by atoms with van der Waals surface area (Å²) in [6.07, 6.45) is 1.76. The van der Waals surface area contributed by atoms with E-state index < -0.39 is 0 Å². The van der Waals surface area contributed by atoms with Gasteiger partial charge < -0.3 is 4.74 Å². The van der Waals surface area contributed by atoms with Crippen LogP contribution in [0.1, 0.15) is 18.2 Å². The zero-order valence-corrected chi connectivity index (χ0v) is 12.5. The molecular formula is C15H19N3O3. The quantitative estimate of drug-likeness (QED) is 0.768. The number of carbonyl (C=O) groups is 1. The number of esters is 1. The first-order valence-corrected chi connectivity index (χ1v) is 6.81. The lowest BCUT2D eigenvalue weighted by molar-refractivity contribution is -0.142. The lowest BCUT2D eigenvalue weighted by Gasteiger charge is -2.18. The van der Waals surface area contributed by atoms with Gasteiger partial charge in [0.05, 0.1) is 19.3 Å². The van der Waals surface area contributed by atoms with Crippen LogP contribution in [0.2, 0.25) is 0 Å². The Bertz CT molecular complexity index is 709. The van der Waals surface area contributed by atoms with Crippen molar-refractivity contribution in [2.45, 2.75) is 20.4 Å². The number of pyridine rings is 1. The molecule has 0 aliphatic heterocycles. The van der Waals surface area contributed by atoms with Crippen molar-refractivity contribution in [3.05, 3.63) is 46.0 Å². The van der Waals surface area contributed by atoms with Crippen LogP contribution in [-0.4, -0.2) is 40.5 Å². The van der Waals surface area contributed by atoms with E-state index in [4.69, 9.17) is 0 Å². The number of nitrogens with zero attached hydrogens (tertiary/aromatic N) is 3. The maximum Gasteiger partial charge on any atom is 0.319 e. The average molecular weight is 289 g/mol. The molecule has 0 N–H and O–H groups in total. The summed E-state index contributed by atoms with van der Waals surface area (Å²) in [7, 11) is 1.36. The molecule has 6 heteroatoms. The number of likely N-dealkylation sites (N-methyl/N-ethyl adjacent to an activating group) is 1. The lowest BCUT2D eigenvalue weighted by Crippen LogP contribution is -2.31. The molecule has 6 nitrogen and oxygen atoms in total. The molecule has 0 aliphatic carbocycles. The standard InChI is InChI=1S/C15H19N3O3/c1-4-17(10-15(20)21-3)9-12-7-14(19)18-8-11(2)5-6-13(18)16-12/h5-8H,4,9-10H2,1-3H3. The summed E-state index contributed by atoms with van der Waals surface area (Å²) in [5, 5.41) is 0. The van der Waals surface area contributed by atoms with Crippen LogP contribution in [0.3, 0.4) is 0 Å². The van der Waals surface area contributed by atoms with Crippen LogP contribution in [0.15, 0.2) is 29.2 Å². The summed E-state index contributed by atoms with van der Waals surface area (Å²) in [6.45, 7) is 5.16. The van der Waals surface area contributed by atoms with Crippen LogP contribution >= 0.6 is 0 Å². The van der Waals surface area contributed by atoms with Crippen LogP contribution in [0.5, 0.6) is 0 Å². The van der Waals surface area contributed by atoms with Crippen molar-refractivity contribution in [3.8, 4) is 0 Å². The molecule has 0 spiro atoms. The highest BCUT2D eigenvalue weighted by atomic mass is 16.5. The summed E-state index contributed by atoms with van der Waals surface area (Å²) in [5.41, 5.74) is 2.14. The molecule has 0 saturated heterocycles. The molecule has 112 valence electrons. The van der Waals surface area contributed by atoms with Crippen molar-refractivity contribution in [3.63, 3.8) is 0 Å². The van der Waals surface area contributed by atoms with Gasteiger partial charge in [-0.1, -0.05) is 13.0 Å². The molecule has 0 radical (unpaired) electrons. The first-order valence-electron chi connectivity index (χ1n) is 6.81. The van der Waals surface area contributed by atoms with Gasteiger partial charge in [0.15, 0.2) is 0 Å². The van der Waals surface area contributed by atoms with Crippen LogP contribution in [0.25, 0.3) is 5.65 Å². The second-order valence-electron chi connectivity index (χ2n) is 4.90. The van der Waals surface area contributed by atoms with E-state index in [1.54, 1.807) is 6.20 Å². The molecule has 0 fully saturated rings. The Kier molecular flexibility index (Phi) is 4.70. The van der Waals surface area contributed by atoms with E-state index in [1.807, 2.05) is 30.9 Å². The summed E-state index contributed by atoms with van der Waals surface area (Å²) in [6, 6.07) is 5.24. The summed E-state index contributed by atoms with van der Waals surface area (Å²) in [5.74, 6) is -0.301. The SMILES string of the molecule is CCN(CC(=O)OC)Cc1cc(=O)n2cc(C)ccc2n1. The van der Waals surface area contributed by atoms with E-state index in [0.29, 0.717) is 24.4 Å². The fraction of sp³-hybridized carbons (Fsp3) is 0.400. The highest BCUT2D eigenvalue weighted by molar-refractivity contribution is 5.71. The van der Waals surface area contributed by atoms with Crippen molar-refractivity contribution < 1.29 is 9.53 Å². The fourth-order valence-corrected chi connectivity index (χ4v) is 2.09. The van der Waals surface area contributed by atoms with Crippen molar-refractivity contribution in [2.75, 3.05) is 20.2 Å². The predicted octanol–water partition coefficient (Wildman–Crippen LogP) is 0.998. The minimum atomic E-state index is -0.301. The Hall–Kier alpha value is -2.21. The zero-order chi connectivity index (χ0) is 15.4. The third-order valence-corrected chi connectivity index (χ3v) is 3.27. The molecular weight excluding hydrogens is 270 g/mol. The number of fused-ring (bicyclic) bond motifs is 1. The Morgan fingerprint density at radius 3 is 2.86 bits per heavy atom. The smallest absolute Gasteiger partial charge is 0.319 e. The zero-order valence-electron chi connectivity index (χ0n) is 12.5. The molecule has 0 aromatic carbocycles. The van der Waals surface area contributed by atoms with Gasteiger partial charge in [-0.05, 0) is 25.1 Å². The van der Waals surface area contributed by atoms with Crippen molar-refractivity contribution in [2.24, 2.45) is 0 Å². The number of carbonyl (C=O) groups excluding carboxylic acids is 1. The summed E-state index contributed by atoms with van der Waals surface area (Å²) < 4.78 is 6.18. The number of rotatable bonds is 5. The Balaban J connectivity index is 2.28. The van der Waals surface area contributed by atoms with Gasteiger partial charge in [-0.15, -0.1) is 0 Å². The third kappa shape index (κ3) is 3.66. The molecule has 0 aliphatic rings. The van der Waals surface area contributed by atoms with E-state index in [1.165, 1.54) is 17.6 Å². The van der Waals surface area contributed by atoms with Crippen LogP contribution in [0.4, 0.5) is 0 Å². The second-order valence-corrected chi connectivity index (χ2v) is 4.90. The molecule has 21 heavy (non-hydrogen) atoms. The first kappa shape index (κ1) is 15.2. The maximum absolute atomic E-state index is 12.1. The maximum atomic E-state index is 12.1. The minimum Gasteiger partial charge on any atom is -0.468 e.